The molecule has 0 spiro atoms. The van der Waals surface area contributed by atoms with Crippen LogP contribution in [0.25, 0.3) is 10.9 Å². The Hall–Kier alpha value is -1.57. The number of carbonyl (C=O) groups excluding carboxylic acids is 1. The van der Waals surface area contributed by atoms with Gasteiger partial charge in [0.2, 0.25) is 0 Å². The summed E-state index contributed by atoms with van der Waals surface area (Å²) in [6.45, 7) is 6.61. The van der Waals surface area contributed by atoms with Crippen molar-refractivity contribution in [3.63, 3.8) is 0 Å². The van der Waals surface area contributed by atoms with E-state index in [1.165, 1.54) is 12.0 Å². The Labute approximate surface area is 120 Å². The Kier molecular flexibility index (Phi) is 3.19. The second-order valence-electron chi connectivity index (χ2n) is 6.69. The molecule has 0 bridgehead atoms. The summed E-state index contributed by atoms with van der Waals surface area (Å²) in [5.41, 5.74) is 3.44. The minimum Gasteiger partial charge on any atom is -0.360 e. The van der Waals surface area contributed by atoms with E-state index in [0.29, 0.717) is 5.78 Å². The van der Waals surface area contributed by atoms with E-state index >= 15 is 0 Å². The maximum atomic E-state index is 12.9. The maximum absolute atomic E-state index is 12.9. The highest BCUT2D eigenvalue weighted by Crippen LogP contribution is 2.44. The molecule has 0 aliphatic heterocycles. The van der Waals surface area contributed by atoms with Gasteiger partial charge in [0.05, 0.1) is 0 Å². The summed E-state index contributed by atoms with van der Waals surface area (Å²) in [5, 5.41) is 1.09. The Morgan fingerprint density at radius 1 is 1.40 bits per heavy atom. The molecule has 0 saturated heterocycles. The fraction of sp³-hybridized carbons (Fsp3) is 0.500. The van der Waals surface area contributed by atoms with Gasteiger partial charge in [0.1, 0.15) is 0 Å². The Balaban J connectivity index is 2.05. The number of aryl methyl sites for hydroxylation is 1. The molecular weight excluding hydrogens is 246 g/mol. The summed E-state index contributed by atoms with van der Waals surface area (Å²) in [5.74, 6) is 0.499. The Morgan fingerprint density at radius 2 is 2.20 bits per heavy atom. The molecule has 2 aromatic rings. The zero-order valence-corrected chi connectivity index (χ0v) is 12.6. The summed E-state index contributed by atoms with van der Waals surface area (Å²) in [7, 11) is 0. The molecule has 2 nitrogen and oxygen atoms in total. The minimum absolute atomic E-state index is 0.142. The van der Waals surface area contributed by atoms with Crippen LogP contribution in [0.3, 0.4) is 0 Å². The van der Waals surface area contributed by atoms with Crippen LogP contribution in [-0.4, -0.2) is 10.8 Å². The van der Waals surface area contributed by atoms with Crippen LogP contribution in [0.15, 0.2) is 24.4 Å². The molecule has 106 valence electrons. The van der Waals surface area contributed by atoms with Gasteiger partial charge in [-0.15, -0.1) is 0 Å². The number of hydrogen-bond donors (Lipinski definition) is 1. The summed E-state index contributed by atoms with van der Waals surface area (Å²) >= 11 is 0. The van der Waals surface area contributed by atoms with Crippen LogP contribution in [0.2, 0.25) is 0 Å². The van der Waals surface area contributed by atoms with Crippen LogP contribution in [0.4, 0.5) is 0 Å². The van der Waals surface area contributed by atoms with Crippen molar-refractivity contribution in [3.8, 4) is 0 Å². The average molecular weight is 269 g/mol. The molecule has 20 heavy (non-hydrogen) atoms. The highest BCUT2D eigenvalue weighted by atomic mass is 16.1. The van der Waals surface area contributed by atoms with Crippen LogP contribution in [-0.2, 0) is 6.42 Å². The van der Waals surface area contributed by atoms with E-state index in [1.807, 2.05) is 6.20 Å². The lowest BCUT2D eigenvalue weighted by Crippen LogP contribution is -2.25. The maximum Gasteiger partial charge on any atom is 0.168 e. The SMILES string of the molecule is CCc1cccc2c(C(=O)C3CCCC3(C)C)c[nH]c12. The van der Waals surface area contributed by atoms with Crippen LogP contribution in [0.5, 0.6) is 0 Å². The fourth-order valence-corrected chi connectivity index (χ4v) is 3.72. The third kappa shape index (κ3) is 1.98. The van der Waals surface area contributed by atoms with Crippen molar-refractivity contribution in [2.45, 2.75) is 46.5 Å². The Morgan fingerprint density at radius 3 is 2.85 bits per heavy atom. The standard InChI is InChI=1S/C18H23NO/c1-4-12-7-5-8-13-14(11-19-16(12)13)17(20)15-9-6-10-18(15,2)3/h5,7-8,11,15,19H,4,6,9-10H2,1-3H3. The summed E-state index contributed by atoms with van der Waals surface area (Å²) < 4.78 is 0. The molecule has 1 fully saturated rings. The van der Waals surface area contributed by atoms with Gasteiger partial charge in [-0.25, -0.2) is 0 Å². The van der Waals surface area contributed by atoms with Gasteiger partial charge in [-0.1, -0.05) is 45.4 Å². The quantitative estimate of drug-likeness (QED) is 0.802. The van der Waals surface area contributed by atoms with Crippen LogP contribution < -0.4 is 0 Å². The normalized spacial score (nSPS) is 21.4. The first-order valence-electron chi connectivity index (χ1n) is 7.68. The molecule has 0 amide bonds. The van der Waals surface area contributed by atoms with Crippen molar-refractivity contribution in [1.82, 2.24) is 4.98 Å². The van der Waals surface area contributed by atoms with E-state index in [2.05, 4.69) is 44.0 Å². The number of aromatic amines is 1. The predicted octanol–water partition coefficient (Wildman–Crippen LogP) is 4.74. The monoisotopic (exact) mass is 269 g/mol. The van der Waals surface area contributed by atoms with E-state index < -0.39 is 0 Å². The molecule has 1 heterocycles. The largest absolute Gasteiger partial charge is 0.360 e. The van der Waals surface area contributed by atoms with Crippen LogP contribution in [0.1, 0.15) is 56.0 Å². The highest BCUT2D eigenvalue weighted by Gasteiger charge is 2.40. The molecule has 1 saturated carbocycles. The first kappa shape index (κ1) is 13.4. The number of carbonyl (C=O) groups is 1. The van der Waals surface area contributed by atoms with Crippen molar-refractivity contribution in [1.29, 1.82) is 0 Å². The fourth-order valence-electron chi connectivity index (χ4n) is 3.72. The van der Waals surface area contributed by atoms with Crippen molar-refractivity contribution in [2.24, 2.45) is 11.3 Å². The first-order chi connectivity index (χ1) is 9.54. The number of H-pyrrole nitrogens is 1. The number of benzene rings is 1. The number of fused-ring (bicyclic) bond motifs is 1. The molecule has 2 heteroatoms. The second kappa shape index (κ2) is 4.76. The third-order valence-corrected chi connectivity index (χ3v) is 5.02. The van der Waals surface area contributed by atoms with Crippen LogP contribution in [0, 0.1) is 11.3 Å². The zero-order valence-electron chi connectivity index (χ0n) is 12.6. The van der Waals surface area contributed by atoms with Gasteiger partial charge in [0.15, 0.2) is 5.78 Å². The van der Waals surface area contributed by atoms with Gasteiger partial charge in [-0.3, -0.25) is 4.79 Å². The molecule has 1 aliphatic carbocycles. The van der Waals surface area contributed by atoms with E-state index in [4.69, 9.17) is 0 Å². The summed E-state index contributed by atoms with van der Waals surface area (Å²) in [6, 6.07) is 6.26. The number of Topliss-reactive ketones (excluding diaryl/α,β-unsaturated/α-hetero) is 1. The van der Waals surface area contributed by atoms with Crippen molar-refractivity contribution in [3.05, 3.63) is 35.5 Å². The molecule has 1 aromatic heterocycles. The molecule has 0 radical (unpaired) electrons. The molecule has 1 aromatic carbocycles. The lowest BCUT2D eigenvalue weighted by atomic mass is 9.77. The molecule has 1 N–H and O–H groups in total. The molecule has 1 unspecified atom stereocenters. The molecule has 3 rings (SSSR count). The number of para-hydroxylation sites is 1. The summed E-state index contributed by atoms with van der Waals surface area (Å²) in [6.07, 6.45) is 6.27. The number of aromatic nitrogens is 1. The molecule has 1 atom stereocenters. The van der Waals surface area contributed by atoms with E-state index in [-0.39, 0.29) is 11.3 Å². The van der Waals surface area contributed by atoms with Gasteiger partial charge < -0.3 is 4.98 Å². The van der Waals surface area contributed by atoms with Gasteiger partial charge in [0.25, 0.3) is 0 Å². The number of rotatable bonds is 3. The Bertz CT molecular complexity index is 650. The van der Waals surface area contributed by atoms with Gasteiger partial charge in [-0.05, 0) is 30.2 Å². The number of hydrogen-bond acceptors (Lipinski definition) is 1. The molecule has 1 aliphatic rings. The van der Waals surface area contributed by atoms with Crippen molar-refractivity contribution < 1.29 is 4.79 Å². The zero-order chi connectivity index (χ0) is 14.3. The van der Waals surface area contributed by atoms with Crippen molar-refractivity contribution >= 4 is 16.7 Å². The molecular formula is C18H23NO. The van der Waals surface area contributed by atoms with E-state index in [9.17, 15) is 4.79 Å². The van der Waals surface area contributed by atoms with Crippen LogP contribution >= 0.6 is 0 Å². The topological polar surface area (TPSA) is 32.9 Å². The van der Waals surface area contributed by atoms with Gasteiger partial charge in [-0.2, -0.15) is 0 Å². The van der Waals surface area contributed by atoms with E-state index in [1.54, 1.807) is 0 Å². The smallest absolute Gasteiger partial charge is 0.168 e. The second-order valence-corrected chi connectivity index (χ2v) is 6.69. The minimum atomic E-state index is 0.142. The number of nitrogens with one attached hydrogen (secondary N) is 1. The number of ketones is 1. The first-order valence-corrected chi connectivity index (χ1v) is 7.68. The summed E-state index contributed by atoms with van der Waals surface area (Å²) in [4.78, 5) is 16.2. The van der Waals surface area contributed by atoms with E-state index in [0.717, 1.165) is 35.7 Å². The van der Waals surface area contributed by atoms with Crippen molar-refractivity contribution in [2.75, 3.05) is 0 Å². The average Bonchev–Trinajstić information content (AvgIpc) is 3.00. The highest BCUT2D eigenvalue weighted by molar-refractivity contribution is 6.09. The lowest BCUT2D eigenvalue weighted by molar-refractivity contribution is 0.0841. The third-order valence-electron chi connectivity index (χ3n) is 5.02. The van der Waals surface area contributed by atoms with Gasteiger partial charge in [0, 0.05) is 28.6 Å². The predicted molar refractivity (Wildman–Crippen MR) is 83.1 cm³/mol. The van der Waals surface area contributed by atoms with Gasteiger partial charge >= 0.3 is 0 Å². The lowest BCUT2D eigenvalue weighted by Gasteiger charge is -2.25.